The van der Waals surface area contributed by atoms with E-state index in [0.29, 0.717) is 30.7 Å². The molecular weight excluding hydrogens is 273 g/mol. The molecule has 1 fully saturated rings. The lowest BCUT2D eigenvalue weighted by Gasteiger charge is -2.29. The molecule has 1 aliphatic carbocycles. The van der Waals surface area contributed by atoms with Crippen LogP contribution in [0.15, 0.2) is 18.2 Å². The van der Waals surface area contributed by atoms with Gasteiger partial charge in [-0.15, -0.1) is 0 Å². The normalized spacial score (nSPS) is 16.2. The molecule has 1 N–H and O–H groups in total. The lowest BCUT2D eigenvalue weighted by Crippen LogP contribution is -2.36. The Kier molecular flexibility index (Phi) is 5.31. The van der Waals surface area contributed by atoms with Crippen molar-refractivity contribution in [1.29, 1.82) is 0 Å². The second kappa shape index (κ2) is 7.00. The highest BCUT2D eigenvalue weighted by Crippen LogP contribution is 2.35. The van der Waals surface area contributed by atoms with Crippen LogP contribution < -0.4 is 0 Å². The van der Waals surface area contributed by atoms with Crippen LogP contribution in [0.4, 0.5) is 4.39 Å². The van der Waals surface area contributed by atoms with E-state index in [1.807, 2.05) is 0 Å². The largest absolute Gasteiger partial charge is 0.478 e. The highest BCUT2D eigenvalue weighted by Gasteiger charge is 2.31. The number of carboxylic acid groups (broad SMARTS) is 1. The molecule has 1 saturated carbocycles. The average molecular weight is 295 g/mol. The van der Waals surface area contributed by atoms with Gasteiger partial charge >= 0.3 is 5.97 Å². The predicted molar refractivity (Wildman–Crippen MR) is 77.8 cm³/mol. The number of carbonyl (C=O) groups is 1. The van der Waals surface area contributed by atoms with E-state index >= 15 is 0 Å². The van der Waals surface area contributed by atoms with Gasteiger partial charge in [-0.1, -0.05) is 0 Å². The number of benzene rings is 1. The van der Waals surface area contributed by atoms with Gasteiger partial charge in [0.1, 0.15) is 5.82 Å². The topological polar surface area (TPSA) is 49.8 Å². The van der Waals surface area contributed by atoms with Gasteiger partial charge in [0.05, 0.1) is 12.2 Å². The minimum Gasteiger partial charge on any atom is -0.478 e. The SMILES string of the molecule is COCCN(Cc1cc(F)cc(C(=O)O)c1)C(C)C1CC1. The molecule has 21 heavy (non-hydrogen) atoms. The molecule has 0 heterocycles. The summed E-state index contributed by atoms with van der Waals surface area (Å²) in [5.74, 6) is -0.917. The lowest BCUT2D eigenvalue weighted by atomic mass is 10.1. The Balaban J connectivity index is 2.12. The van der Waals surface area contributed by atoms with Crippen LogP contribution in [-0.4, -0.2) is 42.3 Å². The Morgan fingerprint density at radius 3 is 2.76 bits per heavy atom. The maximum Gasteiger partial charge on any atom is 0.335 e. The molecule has 116 valence electrons. The highest BCUT2D eigenvalue weighted by molar-refractivity contribution is 5.87. The maximum absolute atomic E-state index is 13.6. The molecule has 0 bridgehead atoms. The molecule has 1 aliphatic rings. The Bertz CT molecular complexity index is 502. The first kappa shape index (κ1) is 15.9. The van der Waals surface area contributed by atoms with Crippen LogP contribution in [0.2, 0.25) is 0 Å². The van der Waals surface area contributed by atoms with Crippen LogP contribution in [0.25, 0.3) is 0 Å². The molecule has 1 aromatic carbocycles. The summed E-state index contributed by atoms with van der Waals surface area (Å²) < 4.78 is 18.7. The van der Waals surface area contributed by atoms with Crippen LogP contribution >= 0.6 is 0 Å². The number of hydrogen-bond acceptors (Lipinski definition) is 3. The number of hydrogen-bond donors (Lipinski definition) is 1. The predicted octanol–water partition coefficient (Wildman–Crippen LogP) is 2.77. The van der Waals surface area contributed by atoms with Gasteiger partial charge in [0.25, 0.3) is 0 Å². The first-order valence-corrected chi connectivity index (χ1v) is 7.27. The second-order valence-electron chi connectivity index (χ2n) is 5.69. The quantitative estimate of drug-likeness (QED) is 0.801. The number of rotatable bonds is 8. The van der Waals surface area contributed by atoms with Gasteiger partial charge in [-0.25, -0.2) is 9.18 Å². The summed E-state index contributed by atoms with van der Waals surface area (Å²) in [6.45, 7) is 4.08. The van der Waals surface area contributed by atoms with E-state index in [1.165, 1.54) is 18.9 Å². The van der Waals surface area contributed by atoms with Gasteiger partial charge in [-0.2, -0.15) is 0 Å². The van der Waals surface area contributed by atoms with Crippen molar-refractivity contribution in [1.82, 2.24) is 4.90 Å². The van der Waals surface area contributed by atoms with Crippen LogP contribution in [0.1, 0.15) is 35.7 Å². The Labute approximate surface area is 124 Å². The number of nitrogens with zero attached hydrogens (tertiary/aromatic N) is 1. The fraction of sp³-hybridized carbons (Fsp3) is 0.562. The van der Waals surface area contributed by atoms with Crippen LogP contribution in [0, 0.1) is 11.7 Å². The van der Waals surface area contributed by atoms with E-state index in [-0.39, 0.29) is 5.56 Å². The molecule has 1 unspecified atom stereocenters. The minimum absolute atomic E-state index is 0.00392. The highest BCUT2D eigenvalue weighted by atomic mass is 19.1. The number of ether oxygens (including phenoxy) is 1. The van der Waals surface area contributed by atoms with Crippen molar-refractivity contribution in [3.8, 4) is 0 Å². The minimum atomic E-state index is -1.10. The molecular formula is C16H22FNO3. The van der Waals surface area contributed by atoms with E-state index in [2.05, 4.69) is 11.8 Å². The van der Waals surface area contributed by atoms with Gasteiger partial charge < -0.3 is 9.84 Å². The third-order valence-corrected chi connectivity index (χ3v) is 4.05. The van der Waals surface area contributed by atoms with E-state index < -0.39 is 11.8 Å². The van der Waals surface area contributed by atoms with E-state index in [0.717, 1.165) is 12.6 Å². The van der Waals surface area contributed by atoms with Crippen molar-refractivity contribution < 1.29 is 19.0 Å². The van der Waals surface area contributed by atoms with Crippen molar-refractivity contribution in [2.75, 3.05) is 20.3 Å². The van der Waals surface area contributed by atoms with Gasteiger partial charge in [0, 0.05) is 26.2 Å². The maximum atomic E-state index is 13.6. The second-order valence-corrected chi connectivity index (χ2v) is 5.69. The summed E-state index contributed by atoms with van der Waals surface area (Å²) in [6.07, 6.45) is 2.46. The number of carboxylic acids is 1. The van der Waals surface area contributed by atoms with E-state index in [4.69, 9.17) is 9.84 Å². The van der Waals surface area contributed by atoms with Crippen molar-refractivity contribution in [2.24, 2.45) is 5.92 Å². The van der Waals surface area contributed by atoms with Gasteiger partial charge in [0.15, 0.2) is 0 Å². The van der Waals surface area contributed by atoms with Crippen molar-refractivity contribution in [3.05, 3.63) is 35.1 Å². The van der Waals surface area contributed by atoms with Crippen LogP contribution in [0.5, 0.6) is 0 Å². The fourth-order valence-corrected chi connectivity index (χ4v) is 2.61. The number of methoxy groups -OCH3 is 1. The zero-order chi connectivity index (χ0) is 15.4. The first-order chi connectivity index (χ1) is 10.0. The summed E-state index contributed by atoms with van der Waals surface area (Å²) in [5, 5.41) is 9.02. The standard InChI is InChI=1S/C16H22FNO3/c1-11(13-3-4-13)18(5-6-21-2)10-12-7-14(16(19)20)9-15(17)8-12/h7-9,11,13H,3-6,10H2,1-2H3,(H,19,20). The molecule has 2 rings (SSSR count). The third-order valence-electron chi connectivity index (χ3n) is 4.05. The van der Waals surface area contributed by atoms with E-state index in [9.17, 15) is 9.18 Å². The van der Waals surface area contributed by atoms with Crippen LogP contribution in [-0.2, 0) is 11.3 Å². The summed E-state index contributed by atoms with van der Waals surface area (Å²) in [5.41, 5.74) is 0.687. The zero-order valence-electron chi connectivity index (χ0n) is 12.5. The Morgan fingerprint density at radius 1 is 1.48 bits per heavy atom. The average Bonchev–Trinajstić information content (AvgIpc) is 3.26. The van der Waals surface area contributed by atoms with Crippen molar-refractivity contribution >= 4 is 5.97 Å². The number of aromatic carboxylic acids is 1. The van der Waals surface area contributed by atoms with Gasteiger partial charge in [0.2, 0.25) is 0 Å². The molecule has 0 aliphatic heterocycles. The zero-order valence-corrected chi connectivity index (χ0v) is 12.5. The monoisotopic (exact) mass is 295 g/mol. The molecule has 5 heteroatoms. The van der Waals surface area contributed by atoms with Crippen molar-refractivity contribution in [3.63, 3.8) is 0 Å². The first-order valence-electron chi connectivity index (χ1n) is 7.27. The molecule has 0 amide bonds. The van der Waals surface area contributed by atoms with Gasteiger partial charge in [-0.05, 0) is 49.4 Å². The molecule has 4 nitrogen and oxygen atoms in total. The summed E-state index contributed by atoms with van der Waals surface area (Å²) in [6, 6.07) is 4.41. The smallest absolute Gasteiger partial charge is 0.335 e. The Morgan fingerprint density at radius 2 is 2.19 bits per heavy atom. The summed E-state index contributed by atoms with van der Waals surface area (Å²) >= 11 is 0. The fourth-order valence-electron chi connectivity index (χ4n) is 2.61. The molecule has 1 atom stereocenters. The lowest BCUT2D eigenvalue weighted by molar-refractivity contribution is 0.0695. The number of halogens is 1. The third kappa shape index (κ3) is 4.51. The summed E-state index contributed by atoms with van der Waals surface area (Å²) in [7, 11) is 1.66. The Hall–Kier alpha value is -1.46. The molecule has 0 radical (unpaired) electrons. The molecule has 0 spiro atoms. The van der Waals surface area contributed by atoms with Gasteiger partial charge in [-0.3, -0.25) is 4.90 Å². The molecule has 0 saturated heterocycles. The molecule has 0 aromatic heterocycles. The summed E-state index contributed by atoms with van der Waals surface area (Å²) in [4.78, 5) is 13.3. The molecule has 1 aromatic rings. The van der Waals surface area contributed by atoms with E-state index in [1.54, 1.807) is 13.2 Å². The van der Waals surface area contributed by atoms with Crippen LogP contribution in [0.3, 0.4) is 0 Å². The van der Waals surface area contributed by atoms with Crippen molar-refractivity contribution in [2.45, 2.75) is 32.4 Å².